The molecule has 0 spiro atoms. The summed E-state index contributed by atoms with van der Waals surface area (Å²) in [4.78, 5) is 28.3. The van der Waals surface area contributed by atoms with Crippen LogP contribution in [0, 0.1) is 13.8 Å². The number of benzene rings is 1. The number of para-hydroxylation sites is 2. The molecule has 8 heteroatoms. The van der Waals surface area contributed by atoms with E-state index in [9.17, 15) is 9.59 Å². The van der Waals surface area contributed by atoms with Crippen molar-refractivity contribution < 1.29 is 23.6 Å². The number of rotatable bonds is 7. The van der Waals surface area contributed by atoms with Crippen molar-refractivity contribution in [2.45, 2.75) is 26.7 Å². The Hall–Kier alpha value is -3.03. The number of carbonyl (C=O) groups is 2. The van der Waals surface area contributed by atoms with Gasteiger partial charge in [0, 0.05) is 38.2 Å². The lowest BCUT2D eigenvalue weighted by Crippen LogP contribution is -2.50. The first-order valence-corrected chi connectivity index (χ1v) is 9.72. The lowest BCUT2D eigenvalue weighted by atomic mass is 10.1. The van der Waals surface area contributed by atoms with Gasteiger partial charge in [-0.3, -0.25) is 9.59 Å². The molecule has 0 unspecified atom stereocenters. The number of hydrogen-bond acceptors (Lipinski definition) is 7. The van der Waals surface area contributed by atoms with Crippen molar-refractivity contribution in [2.75, 3.05) is 44.8 Å². The minimum atomic E-state index is -0.397. The number of anilines is 1. The van der Waals surface area contributed by atoms with Crippen LogP contribution in [-0.2, 0) is 20.7 Å². The van der Waals surface area contributed by atoms with Crippen molar-refractivity contribution in [1.29, 1.82) is 0 Å². The Kier molecular flexibility index (Phi) is 6.74. The van der Waals surface area contributed by atoms with E-state index in [1.54, 1.807) is 12.0 Å². The molecule has 1 saturated heterocycles. The number of carbonyl (C=O) groups excluding carboxylic acids is 2. The molecule has 0 aliphatic carbocycles. The van der Waals surface area contributed by atoms with E-state index < -0.39 is 5.97 Å². The standard InChI is InChI=1S/C21H27N3O5/c1-15-17(16(2)29-22-15)8-9-21(26)28-14-20(25)24-12-10-23(11-13-24)18-6-4-5-7-19(18)27-3/h4-7H,8-14H2,1-3H3. The van der Waals surface area contributed by atoms with Gasteiger partial charge in [-0.05, 0) is 32.4 Å². The Morgan fingerprint density at radius 3 is 2.52 bits per heavy atom. The Morgan fingerprint density at radius 2 is 1.86 bits per heavy atom. The number of nitrogens with zero attached hydrogens (tertiary/aromatic N) is 3. The van der Waals surface area contributed by atoms with Crippen LogP contribution >= 0.6 is 0 Å². The highest BCUT2D eigenvalue weighted by Gasteiger charge is 2.23. The van der Waals surface area contributed by atoms with E-state index in [-0.39, 0.29) is 18.9 Å². The molecule has 0 saturated carbocycles. The van der Waals surface area contributed by atoms with Crippen LogP contribution in [0.4, 0.5) is 5.69 Å². The van der Waals surface area contributed by atoms with E-state index in [1.165, 1.54) is 0 Å². The lowest BCUT2D eigenvalue weighted by molar-refractivity contribution is -0.152. The summed E-state index contributed by atoms with van der Waals surface area (Å²) in [6.45, 7) is 5.98. The molecule has 156 valence electrons. The summed E-state index contributed by atoms with van der Waals surface area (Å²) in [6.07, 6.45) is 0.684. The maximum Gasteiger partial charge on any atom is 0.306 e. The minimum Gasteiger partial charge on any atom is -0.495 e. The summed E-state index contributed by atoms with van der Waals surface area (Å²) in [6, 6.07) is 7.84. The molecule has 1 aromatic heterocycles. The number of amides is 1. The highest BCUT2D eigenvalue weighted by molar-refractivity contribution is 5.81. The Bertz CT molecular complexity index is 836. The Balaban J connectivity index is 1.42. The van der Waals surface area contributed by atoms with Crippen molar-refractivity contribution in [2.24, 2.45) is 0 Å². The molecule has 0 atom stereocenters. The SMILES string of the molecule is COc1ccccc1N1CCN(C(=O)COC(=O)CCc2c(C)noc2C)CC1. The molecule has 1 fully saturated rings. The van der Waals surface area contributed by atoms with Gasteiger partial charge in [0.1, 0.15) is 11.5 Å². The zero-order valence-electron chi connectivity index (χ0n) is 17.1. The summed E-state index contributed by atoms with van der Waals surface area (Å²) < 4.78 is 15.7. The van der Waals surface area contributed by atoms with Gasteiger partial charge in [-0.15, -0.1) is 0 Å². The van der Waals surface area contributed by atoms with Crippen LogP contribution < -0.4 is 9.64 Å². The molecule has 1 aliphatic rings. The maximum atomic E-state index is 12.4. The third-order valence-electron chi connectivity index (χ3n) is 5.18. The normalized spacial score (nSPS) is 14.0. The van der Waals surface area contributed by atoms with Crippen molar-refractivity contribution in [3.63, 3.8) is 0 Å². The number of aryl methyl sites for hydroxylation is 2. The number of esters is 1. The van der Waals surface area contributed by atoms with E-state index in [1.807, 2.05) is 38.1 Å². The van der Waals surface area contributed by atoms with E-state index in [2.05, 4.69) is 10.1 Å². The summed E-state index contributed by atoms with van der Waals surface area (Å²) in [5.41, 5.74) is 2.72. The predicted octanol–water partition coefficient (Wildman–Crippen LogP) is 2.12. The molecule has 1 aromatic carbocycles. The largest absolute Gasteiger partial charge is 0.495 e. The molecule has 29 heavy (non-hydrogen) atoms. The molecule has 0 radical (unpaired) electrons. The average Bonchev–Trinajstić information content (AvgIpc) is 3.07. The summed E-state index contributed by atoms with van der Waals surface area (Å²) >= 11 is 0. The quantitative estimate of drug-likeness (QED) is 0.657. The third kappa shape index (κ3) is 5.07. The van der Waals surface area contributed by atoms with Gasteiger partial charge >= 0.3 is 5.97 Å². The topological polar surface area (TPSA) is 85.1 Å². The van der Waals surface area contributed by atoms with Gasteiger partial charge in [-0.2, -0.15) is 0 Å². The fourth-order valence-corrected chi connectivity index (χ4v) is 3.48. The molecular weight excluding hydrogens is 374 g/mol. The van der Waals surface area contributed by atoms with Crippen molar-refractivity contribution in [3.8, 4) is 5.75 Å². The number of ether oxygens (including phenoxy) is 2. The number of methoxy groups -OCH3 is 1. The van der Waals surface area contributed by atoms with Crippen molar-refractivity contribution in [1.82, 2.24) is 10.1 Å². The summed E-state index contributed by atoms with van der Waals surface area (Å²) in [5, 5.41) is 3.87. The van der Waals surface area contributed by atoms with E-state index in [0.29, 0.717) is 38.4 Å². The molecule has 2 aromatic rings. The monoisotopic (exact) mass is 401 g/mol. The molecule has 2 heterocycles. The predicted molar refractivity (Wildman–Crippen MR) is 107 cm³/mol. The molecule has 0 bridgehead atoms. The minimum absolute atomic E-state index is 0.171. The van der Waals surface area contributed by atoms with Gasteiger partial charge in [-0.1, -0.05) is 17.3 Å². The Labute approximate surface area is 170 Å². The van der Waals surface area contributed by atoms with Gasteiger partial charge in [0.05, 0.1) is 18.5 Å². The molecule has 1 amide bonds. The number of hydrogen-bond donors (Lipinski definition) is 0. The van der Waals surface area contributed by atoms with E-state index >= 15 is 0 Å². The first kappa shape index (κ1) is 20.7. The van der Waals surface area contributed by atoms with Crippen LogP contribution in [0.15, 0.2) is 28.8 Å². The number of piperazine rings is 1. The van der Waals surface area contributed by atoms with Crippen molar-refractivity contribution in [3.05, 3.63) is 41.3 Å². The lowest BCUT2D eigenvalue weighted by Gasteiger charge is -2.36. The summed E-state index contributed by atoms with van der Waals surface area (Å²) in [5.74, 6) is 0.958. The van der Waals surface area contributed by atoms with Crippen LogP contribution in [0.1, 0.15) is 23.4 Å². The molecule has 8 nitrogen and oxygen atoms in total. The van der Waals surface area contributed by atoms with Gasteiger partial charge < -0.3 is 23.8 Å². The second kappa shape index (κ2) is 9.45. The smallest absolute Gasteiger partial charge is 0.306 e. The second-order valence-corrected chi connectivity index (χ2v) is 7.00. The molecule has 0 N–H and O–H groups in total. The fourth-order valence-electron chi connectivity index (χ4n) is 3.48. The molecular formula is C21H27N3O5. The first-order valence-electron chi connectivity index (χ1n) is 9.72. The second-order valence-electron chi connectivity index (χ2n) is 7.00. The zero-order chi connectivity index (χ0) is 20.8. The van der Waals surface area contributed by atoms with Crippen LogP contribution in [-0.4, -0.2) is 61.8 Å². The van der Waals surface area contributed by atoms with Crippen LogP contribution in [0.5, 0.6) is 5.75 Å². The number of aromatic nitrogens is 1. The first-order chi connectivity index (χ1) is 14.0. The summed E-state index contributed by atoms with van der Waals surface area (Å²) in [7, 11) is 1.65. The molecule has 1 aliphatic heterocycles. The van der Waals surface area contributed by atoms with Gasteiger partial charge in [-0.25, -0.2) is 0 Å². The van der Waals surface area contributed by atoms with Gasteiger partial charge in [0.15, 0.2) is 6.61 Å². The Morgan fingerprint density at radius 1 is 1.14 bits per heavy atom. The van der Waals surface area contributed by atoms with E-state index in [4.69, 9.17) is 14.0 Å². The van der Waals surface area contributed by atoms with Crippen molar-refractivity contribution >= 4 is 17.6 Å². The van der Waals surface area contributed by atoms with Crippen LogP contribution in [0.3, 0.4) is 0 Å². The average molecular weight is 401 g/mol. The highest BCUT2D eigenvalue weighted by atomic mass is 16.5. The molecule has 3 rings (SSSR count). The third-order valence-corrected chi connectivity index (χ3v) is 5.18. The van der Waals surface area contributed by atoms with Gasteiger partial charge in [0.2, 0.25) is 0 Å². The fraction of sp³-hybridized carbons (Fsp3) is 0.476. The van der Waals surface area contributed by atoms with Gasteiger partial charge in [0.25, 0.3) is 5.91 Å². The maximum absolute atomic E-state index is 12.4. The highest BCUT2D eigenvalue weighted by Crippen LogP contribution is 2.28. The van der Waals surface area contributed by atoms with Crippen LogP contribution in [0.25, 0.3) is 0 Å². The van der Waals surface area contributed by atoms with Crippen LogP contribution in [0.2, 0.25) is 0 Å². The zero-order valence-corrected chi connectivity index (χ0v) is 17.1. The van der Waals surface area contributed by atoms with E-state index in [0.717, 1.165) is 22.7 Å².